The molecule has 3 N–H and O–H groups in total. The van der Waals surface area contributed by atoms with E-state index in [0.29, 0.717) is 19.7 Å². The maximum absolute atomic E-state index is 11.8. The van der Waals surface area contributed by atoms with Crippen molar-refractivity contribution in [2.24, 2.45) is 5.73 Å². The Morgan fingerprint density at radius 2 is 2.14 bits per heavy atom. The first kappa shape index (κ1) is 16.5. The predicted octanol–water partition coefficient (Wildman–Crippen LogP) is 0.903. The van der Waals surface area contributed by atoms with E-state index in [0.717, 1.165) is 12.8 Å². The molecule has 1 heterocycles. The molecule has 22 heavy (non-hydrogen) atoms. The van der Waals surface area contributed by atoms with Crippen LogP contribution in [0.1, 0.15) is 18.9 Å². The lowest BCUT2D eigenvalue weighted by molar-refractivity contribution is -0.128. The number of rotatable bonds is 5. The first-order chi connectivity index (χ1) is 10.6. The van der Waals surface area contributed by atoms with Crippen molar-refractivity contribution in [3.05, 3.63) is 35.9 Å². The summed E-state index contributed by atoms with van der Waals surface area (Å²) >= 11 is 0. The SMILES string of the molecule is CC(C(=O)NC(N)=O)N1CCOC(CCc2ccccc2)C1. The van der Waals surface area contributed by atoms with Gasteiger partial charge in [0.2, 0.25) is 5.91 Å². The van der Waals surface area contributed by atoms with Crippen LogP contribution in [0.2, 0.25) is 0 Å². The minimum absolute atomic E-state index is 0.0952. The van der Waals surface area contributed by atoms with Gasteiger partial charge in [0.05, 0.1) is 18.8 Å². The van der Waals surface area contributed by atoms with Gasteiger partial charge < -0.3 is 10.5 Å². The Morgan fingerprint density at radius 3 is 2.82 bits per heavy atom. The Kier molecular flexibility index (Phi) is 5.91. The fourth-order valence-corrected chi connectivity index (χ4v) is 2.63. The maximum Gasteiger partial charge on any atom is 0.318 e. The van der Waals surface area contributed by atoms with Crippen molar-refractivity contribution < 1.29 is 14.3 Å². The van der Waals surface area contributed by atoms with Gasteiger partial charge >= 0.3 is 6.03 Å². The van der Waals surface area contributed by atoms with Crippen LogP contribution in [0.3, 0.4) is 0 Å². The first-order valence-corrected chi connectivity index (χ1v) is 7.56. The molecule has 0 spiro atoms. The summed E-state index contributed by atoms with van der Waals surface area (Å²) in [5.41, 5.74) is 6.27. The van der Waals surface area contributed by atoms with Gasteiger partial charge in [0.15, 0.2) is 0 Å². The minimum Gasteiger partial charge on any atom is -0.376 e. The van der Waals surface area contributed by atoms with Crippen molar-refractivity contribution in [2.45, 2.75) is 31.9 Å². The number of carbonyl (C=O) groups is 2. The molecular formula is C16H23N3O3. The number of nitrogens with two attached hydrogens (primary N) is 1. The third-order valence-corrected chi connectivity index (χ3v) is 3.94. The van der Waals surface area contributed by atoms with Crippen LogP contribution in [0.4, 0.5) is 4.79 Å². The van der Waals surface area contributed by atoms with Crippen molar-refractivity contribution >= 4 is 11.9 Å². The molecule has 1 aliphatic rings. The quantitative estimate of drug-likeness (QED) is 0.846. The van der Waals surface area contributed by atoms with Crippen molar-refractivity contribution in [1.29, 1.82) is 0 Å². The zero-order valence-corrected chi connectivity index (χ0v) is 12.8. The molecule has 0 aliphatic carbocycles. The van der Waals surface area contributed by atoms with Gasteiger partial charge in [-0.3, -0.25) is 15.0 Å². The molecule has 2 rings (SSSR count). The van der Waals surface area contributed by atoms with E-state index < -0.39 is 12.1 Å². The number of urea groups is 1. The number of hydrogen-bond donors (Lipinski definition) is 2. The molecule has 3 amide bonds. The molecule has 1 saturated heterocycles. The first-order valence-electron chi connectivity index (χ1n) is 7.56. The fraction of sp³-hybridized carbons (Fsp3) is 0.500. The number of nitrogens with one attached hydrogen (secondary N) is 1. The van der Waals surface area contributed by atoms with Crippen LogP contribution in [0, 0.1) is 0 Å². The van der Waals surface area contributed by atoms with Crippen molar-refractivity contribution in [1.82, 2.24) is 10.2 Å². The molecule has 2 unspecified atom stereocenters. The Morgan fingerprint density at radius 1 is 1.41 bits per heavy atom. The molecular weight excluding hydrogens is 282 g/mol. The standard InChI is InChI=1S/C16H23N3O3/c1-12(15(20)18-16(17)21)19-9-10-22-14(11-19)8-7-13-5-3-2-4-6-13/h2-6,12,14H,7-11H2,1H3,(H3,17,18,20,21). The van der Waals surface area contributed by atoms with Crippen LogP contribution in [-0.4, -0.2) is 48.7 Å². The zero-order chi connectivity index (χ0) is 15.9. The molecule has 1 aromatic rings. The van der Waals surface area contributed by atoms with Gasteiger partial charge in [-0.05, 0) is 25.3 Å². The van der Waals surface area contributed by atoms with E-state index in [1.165, 1.54) is 5.56 Å². The van der Waals surface area contributed by atoms with Crippen molar-refractivity contribution in [2.75, 3.05) is 19.7 Å². The summed E-state index contributed by atoms with van der Waals surface area (Å²) in [6, 6.07) is 9.05. The second-order valence-corrected chi connectivity index (χ2v) is 5.54. The van der Waals surface area contributed by atoms with Crippen LogP contribution < -0.4 is 11.1 Å². The number of imide groups is 1. The molecule has 2 atom stereocenters. The van der Waals surface area contributed by atoms with Gasteiger partial charge in [-0.25, -0.2) is 4.79 Å². The van der Waals surface area contributed by atoms with Gasteiger partial charge in [0, 0.05) is 13.1 Å². The average Bonchev–Trinajstić information content (AvgIpc) is 2.53. The molecule has 1 aliphatic heterocycles. The van der Waals surface area contributed by atoms with E-state index >= 15 is 0 Å². The molecule has 6 nitrogen and oxygen atoms in total. The van der Waals surface area contributed by atoms with Crippen LogP contribution in [0.25, 0.3) is 0 Å². The molecule has 1 fully saturated rings. The average molecular weight is 305 g/mol. The molecule has 120 valence electrons. The highest BCUT2D eigenvalue weighted by molar-refractivity contribution is 5.96. The van der Waals surface area contributed by atoms with Gasteiger partial charge in [0.25, 0.3) is 0 Å². The van der Waals surface area contributed by atoms with Crippen LogP contribution in [0.5, 0.6) is 0 Å². The summed E-state index contributed by atoms with van der Waals surface area (Å²) in [6.07, 6.45) is 1.95. The Balaban J connectivity index is 1.83. The lowest BCUT2D eigenvalue weighted by Gasteiger charge is -2.36. The smallest absolute Gasteiger partial charge is 0.318 e. The zero-order valence-electron chi connectivity index (χ0n) is 12.8. The van der Waals surface area contributed by atoms with Crippen molar-refractivity contribution in [3.8, 4) is 0 Å². The molecule has 1 aromatic carbocycles. The highest BCUT2D eigenvalue weighted by Gasteiger charge is 2.28. The molecule has 0 saturated carbocycles. The highest BCUT2D eigenvalue weighted by atomic mass is 16.5. The minimum atomic E-state index is -0.814. The second-order valence-electron chi connectivity index (χ2n) is 5.54. The topological polar surface area (TPSA) is 84.7 Å². The number of hydrogen-bond acceptors (Lipinski definition) is 4. The largest absolute Gasteiger partial charge is 0.376 e. The van der Waals surface area contributed by atoms with E-state index in [1.807, 2.05) is 23.1 Å². The summed E-state index contributed by atoms with van der Waals surface area (Å²) in [7, 11) is 0. The molecule has 0 aromatic heterocycles. The Hall–Kier alpha value is -1.92. The van der Waals surface area contributed by atoms with Crippen molar-refractivity contribution in [3.63, 3.8) is 0 Å². The van der Waals surface area contributed by atoms with E-state index in [4.69, 9.17) is 10.5 Å². The van der Waals surface area contributed by atoms with Crippen LogP contribution in [-0.2, 0) is 16.0 Å². The number of morpholine rings is 1. The van der Waals surface area contributed by atoms with Crippen LogP contribution in [0.15, 0.2) is 30.3 Å². The monoisotopic (exact) mass is 305 g/mol. The van der Waals surface area contributed by atoms with E-state index in [1.54, 1.807) is 6.92 Å². The number of aryl methyl sites for hydroxylation is 1. The van der Waals surface area contributed by atoms with E-state index in [9.17, 15) is 9.59 Å². The maximum atomic E-state index is 11.8. The number of benzene rings is 1. The number of primary amides is 1. The number of carbonyl (C=O) groups excluding carboxylic acids is 2. The molecule has 0 bridgehead atoms. The lowest BCUT2D eigenvalue weighted by Crippen LogP contribution is -2.53. The second kappa shape index (κ2) is 7.91. The highest BCUT2D eigenvalue weighted by Crippen LogP contribution is 2.14. The van der Waals surface area contributed by atoms with Crippen LogP contribution >= 0.6 is 0 Å². The summed E-state index contributed by atoms with van der Waals surface area (Å²) < 4.78 is 5.78. The number of nitrogens with zero attached hydrogens (tertiary/aromatic N) is 1. The molecule has 0 radical (unpaired) electrons. The summed E-state index contributed by atoms with van der Waals surface area (Å²) in [5.74, 6) is -0.365. The summed E-state index contributed by atoms with van der Waals surface area (Å²) in [6.45, 7) is 3.72. The van der Waals surface area contributed by atoms with E-state index in [-0.39, 0.29) is 12.0 Å². The summed E-state index contributed by atoms with van der Waals surface area (Å²) in [4.78, 5) is 24.6. The third kappa shape index (κ3) is 4.82. The van der Waals surface area contributed by atoms with Gasteiger partial charge in [-0.15, -0.1) is 0 Å². The Bertz CT molecular complexity index is 507. The third-order valence-electron chi connectivity index (χ3n) is 3.94. The van der Waals surface area contributed by atoms with Gasteiger partial charge in [-0.2, -0.15) is 0 Å². The Labute approximate surface area is 130 Å². The summed E-state index contributed by atoms with van der Waals surface area (Å²) in [5, 5.41) is 2.13. The number of ether oxygens (including phenoxy) is 1. The van der Waals surface area contributed by atoms with Gasteiger partial charge in [0.1, 0.15) is 0 Å². The van der Waals surface area contributed by atoms with E-state index in [2.05, 4.69) is 17.4 Å². The molecule has 6 heteroatoms. The predicted molar refractivity (Wildman–Crippen MR) is 83.3 cm³/mol. The van der Waals surface area contributed by atoms with Gasteiger partial charge in [-0.1, -0.05) is 30.3 Å². The fourth-order valence-electron chi connectivity index (χ4n) is 2.63. The lowest BCUT2D eigenvalue weighted by atomic mass is 10.1. The number of amides is 3. The normalized spacial score (nSPS) is 20.3.